The quantitative estimate of drug-likeness (QED) is 0.523. The van der Waals surface area contributed by atoms with Gasteiger partial charge in [-0.05, 0) is 19.8 Å². The molecular weight excluding hydrogens is 156 g/mol. The smallest absolute Gasteiger partial charge is 0.223 e. The fraction of sp³-hybridized carbons (Fsp3) is 0.875. The molecule has 1 aliphatic heterocycles. The van der Waals surface area contributed by atoms with E-state index in [1.165, 1.54) is 0 Å². The van der Waals surface area contributed by atoms with Crippen LogP contribution in [-0.4, -0.2) is 29.7 Å². The van der Waals surface area contributed by atoms with Crippen LogP contribution in [0.4, 0.5) is 0 Å². The minimum absolute atomic E-state index is 0.00889. The van der Waals surface area contributed by atoms with Crippen molar-refractivity contribution in [3.63, 3.8) is 0 Å². The molecule has 0 aromatic carbocycles. The van der Waals surface area contributed by atoms with Gasteiger partial charge in [0, 0.05) is 18.5 Å². The van der Waals surface area contributed by atoms with Crippen molar-refractivity contribution in [1.29, 1.82) is 0 Å². The van der Waals surface area contributed by atoms with Crippen LogP contribution in [-0.2, 0) is 4.79 Å². The number of rotatable bonds is 3. The molecule has 1 rings (SSSR count). The van der Waals surface area contributed by atoms with Gasteiger partial charge < -0.3 is 16.2 Å². The van der Waals surface area contributed by atoms with Crippen LogP contribution in [0.15, 0.2) is 0 Å². The van der Waals surface area contributed by atoms with Crippen LogP contribution in [0.1, 0.15) is 19.8 Å². The lowest BCUT2D eigenvalue weighted by Gasteiger charge is -2.16. The van der Waals surface area contributed by atoms with Crippen molar-refractivity contribution in [3.05, 3.63) is 0 Å². The number of nitrogens with one attached hydrogen (secondary N) is 1. The Morgan fingerprint density at radius 3 is 2.92 bits per heavy atom. The van der Waals surface area contributed by atoms with Crippen LogP contribution in [0.3, 0.4) is 0 Å². The summed E-state index contributed by atoms with van der Waals surface area (Å²) in [4.78, 5) is 11.1. The van der Waals surface area contributed by atoms with Gasteiger partial charge in [0.05, 0.1) is 6.10 Å². The van der Waals surface area contributed by atoms with Gasteiger partial charge in [0.1, 0.15) is 0 Å². The summed E-state index contributed by atoms with van der Waals surface area (Å²) in [5.74, 6) is 0.0840. The Balaban J connectivity index is 2.35. The van der Waals surface area contributed by atoms with E-state index in [0.29, 0.717) is 6.42 Å². The molecule has 1 aliphatic rings. The molecule has 12 heavy (non-hydrogen) atoms. The first-order valence-electron chi connectivity index (χ1n) is 4.32. The van der Waals surface area contributed by atoms with Crippen molar-refractivity contribution in [1.82, 2.24) is 5.32 Å². The molecule has 1 saturated heterocycles. The highest BCUT2D eigenvalue weighted by Crippen LogP contribution is 2.16. The highest BCUT2D eigenvalue weighted by atomic mass is 16.3. The maximum Gasteiger partial charge on any atom is 0.223 e. The fourth-order valence-electron chi connectivity index (χ4n) is 1.40. The van der Waals surface area contributed by atoms with E-state index in [2.05, 4.69) is 5.32 Å². The molecule has 4 N–H and O–H groups in total. The molecule has 1 heterocycles. The minimum atomic E-state index is -0.529. The zero-order valence-electron chi connectivity index (χ0n) is 7.29. The molecule has 0 aromatic rings. The second-order valence-electron chi connectivity index (χ2n) is 3.42. The summed E-state index contributed by atoms with van der Waals surface area (Å²) < 4.78 is 0. The molecule has 4 heteroatoms. The zero-order chi connectivity index (χ0) is 9.14. The molecule has 3 atom stereocenters. The Hall–Kier alpha value is -0.610. The normalized spacial score (nSPS) is 28.2. The van der Waals surface area contributed by atoms with Crippen LogP contribution < -0.4 is 11.1 Å². The third-order valence-corrected chi connectivity index (χ3v) is 2.34. The predicted molar refractivity (Wildman–Crippen MR) is 45.4 cm³/mol. The highest BCUT2D eigenvalue weighted by Gasteiger charge is 2.27. The van der Waals surface area contributed by atoms with Crippen molar-refractivity contribution in [2.75, 3.05) is 6.54 Å². The van der Waals surface area contributed by atoms with Crippen molar-refractivity contribution in [2.45, 2.75) is 31.9 Å². The van der Waals surface area contributed by atoms with Crippen LogP contribution in [0.25, 0.3) is 0 Å². The Morgan fingerprint density at radius 1 is 1.83 bits per heavy atom. The van der Waals surface area contributed by atoms with Crippen LogP contribution in [0.5, 0.6) is 0 Å². The summed E-state index contributed by atoms with van der Waals surface area (Å²) >= 11 is 0. The van der Waals surface area contributed by atoms with E-state index < -0.39 is 6.10 Å². The van der Waals surface area contributed by atoms with E-state index in [9.17, 15) is 4.79 Å². The van der Waals surface area contributed by atoms with Crippen molar-refractivity contribution in [2.24, 2.45) is 11.7 Å². The number of nitrogens with two attached hydrogens (primary N) is 1. The number of aliphatic hydroxyl groups is 1. The average Bonchev–Trinajstić information content (AvgIpc) is 2.36. The number of amides is 1. The van der Waals surface area contributed by atoms with E-state index in [4.69, 9.17) is 10.8 Å². The highest BCUT2D eigenvalue weighted by molar-refractivity contribution is 5.80. The van der Waals surface area contributed by atoms with Gasteiger partial charge in [-0.1, -0.05) is 0 Å². The molecule has 0 spiro atoms. The topological polar surface area (TPSA) is 75.3 Å². The van der Waals surface area contributed by atoms with E-state index >= 15 is 0 Å². The number of hydrogen-bond donors (Lipinski definition) is 3. The maximum atomic E-state index is 11.1. The molecular formula is C8H16N2O2. The first-order chi connectivity index (χ1) is 5.61. The summed E-state index contributed by atoms with van der Waals surface area (Å²) in [5.41, 5.74) is 5.63. The Bertz CT molecular complexity index is 170. The molecule has 0 saturated carbocycles. The molecule has 70 valence electrons. The molecule has 1 fully saturated rings. The van der Waals surface area contributed by atoms with Crippen molar-refractivity contribution in [3.8, 4) is 0 Å². The average molecular weight is 172 g/mol. The summed E-state index contributed by atoms with van der Waals surface area (Å²) in [6.45, 7) is 2.40. The number of hydrogen-bond acceptors (Lipinski definition) is 3. The van der Waals surface area contributed by atoms with E-state index in [0.717, 1.165) is 13.0 Å². The maximum absolute atomic E-state index is 11.1. The van der Waals surface area contributed by atoms with Gasteiger partial charge >= 0.3 is 0 Å². The van der Waals surface area contributed by atoms with Crippen LogP contribution >= 0.6 is 0 Å². The van der Waals surface area contributed by atoms with Crippen LogP contribution in [0.2, 0.25) is 0 Å². The molecule has 4 nitrogen and oxygen atoms in total. The molecule has 0 aliphatic carbocycles. The fourth-order valence-corrected chi connectivity index (χ4v) is 1.40. The second-order valence-corrected chi connectivity index (χ2v) is 3.42. The second kappa shape index (κ2) is 3.87. The SMILES string of the molecule is C[C@@H](O)[C@@H](N)C[C@@H]1CCNC1=O. The third kappa shape index (κ3) is 2.19. The first-order valence-corrected chi connectivity index (χ1v) is 4.32. The largest absolute Gasteiger partial charge is 0.392 e. The number of aliphatic hydroxyl groups excluding tert-OH is 1. The predicted octanol–water partition coefficient (Wildman–Crippen LogP) is -0.779. The van der Waals surface area contributed by atoms with Gasteiger partial charge in [-0.15, -0.1) is 0 Å². The lowest BCUT2D eigenvalue weighted by Crippen LogP contribution is -2.36. The summed E-state index contributed by atoms with van der Waals surface area (Å²) in [6.07, 6.45) is 0.904. The van der Waals surface area contributed by atoms with E-state index in [-0.39, 0.29) is 17.9 Å². The molecule has 1 amide bonds. The Kier molecular flexibility index (Phi) is 3.05. The molecule has 0 bridgehead atoms. The van der Waals surface area contributed by atoms with Crippen molar-refractivity contribution >= 4 is 5.91 Å². The van der Waals surface area contributed by atoms with Crippen molar-refractivity contribution < 1.29 is 9.90 Å². The lowest BCUT2D eigenvalue weighted by atomic mass is 9.96. The molecule has 0 aromatic heterocycles. The molecule has 0 unspecified atom stereocenters. The van der Waals surface area contributed by atoms with Gasteiger partial charge in [-0.2, -0.15) is 0 Å². The monoisotopic (exact) mass is 172 g/mol. The third-order valence-electron chi connectivity index (χ3n) is 2.34. The van der Waals surface area contributed by atoms with Crippen LogP contribution in [0, 0.1) is 5.92 Å². The summed E-state index contributed by atoms with van der Waals surface area (Å²) in [5, 5.41) is 11.8. The Morgan fingerprint density at radius 2 is 2.50 bits per heavy atom. The standard InChI is InChI=1S/C8H16N2O2/c1-5(11)7(9)4-6-2-3-10-8(6)12/h5-7,11H,2-4,9H2,1H3,(H,10,12)/t5-,6+,7+/m1/s1. The van der Waals surface area contributed by atoms with Gasteiger partial charge in [-0.25, -0.2) is 0 Å². The minimum Gasteiger partial charge on any atom is -0.392 e. The number of carbonyl (C=O) groups excluding carboxylic acids is 1. The van der Waals surface area contributed by atoms with Gasteiger partial charge in [-0.3, -0.25) is 4.79 Å². The summed E-state index contributed by atoms with van der Waals surface area (Å²) in [6, 6.07) is -0.279. The zero-order valence-corrected chi connectivity index (χ0v) is 7.29. The van der Waals surface area contributed by atoms with E-state index in [1.807, 2.05) is 0 Å². The molecule has 0 radical (unpaired) electrons. The van der Waals surface area contributed by atoms with E-state index in [1.54, 1.807) is 6.92 Å². The van der Waals surface area contributed by atoms with Gasteiger partial charge in [0.25, 0.3) is 0 Å². The number of carbonyl (C=O) groups is 1. The Labute approximate surface area is 72.1 Å². The lowest BCUT2D eigenvalue weighted by molar-refractivity contribution is -0.122. The summed E-state index contributed by atoms with van der Waals surface area (Å²) in [7, 11) is 0. The first kappa shape index (κ1) is 9.48. The van der Waals surface area contributed by atoms with Gasteiger partial charge in [0.15, 0.2) is 0 Å². The van der Waals surface area contributed by atoms with Gasteiger partial charge in [0.2, 0.25) is 5.91 Å².